The summed E-state index contributed by atoms with van der Waals surface area (Å²) in [7, 11) is 0. The lowest BCUT2D eigenvalue weighted by atomic mass is 10.0. The molecule has 0 aliphatic rings. The van der Waals surface area contributed by atoms with E-state index in [0.29, 0.717) is 24.2 Å². The third-order valence-electron chi connectivity index (χ3n) is 2.33. The van der Waals surface area contributed by atoms with Crippen molar-refractivity contribution < 1.29 is 9.52 Å². The van der Waals surface area contributed by atoms with Crippen molar-refractivity contribution in [2.45, 2.75) is 39.8 Å². The molecule has 0 radical (unpaired) electrons. The van der Waals surface area contributed by atoms with E-state index in [9.17, 15) is 0 Å². The fraction of sp³-hybridized carbons (Fsp3) is 0.800. The number of aryl methyl sites for hydroxylation is 1. The topological polar surface area (TPSA) is 71.2 Å². The van der Waals surface area contributed by atoms with E-state index in [1.54, 1.807) is 6.92 Å². The van der Waals surface area contributed by atoms with Crippen LogP contribution in [0.4, 0.5) is 0 Å². The summed E-state index contributed by atoms with van der Waals surface area (Å²) in [5.74, 6) is 1.65. The lowest BCUT2D eigenvalue weighted by Gasteiger charge is -2.20. The van der Waals surface area contributed by atoms with Crippen LogP contribution in [-0.4, -0.2) is 28.0 Å². The van der Waals surface area contributed by atoms with Gasteiger partial charge in [-0.1, -0.05) is 13.8 Å². The van der Waals surface area contributed by atoms with Crippen molar-refractivity contribution >= 4 is 0 Å². The van der Waals surface area contributed by atoms with Gasteiger partial charge in [0.2, 0.25) is 11.8 Å². The third-order valence-corrected chi connectivity index (χ3v) is 2.33. The van der Waals surface area contributed by atoms with Gasteiger partial charge >= 0.3 is 0 Å². The molecule has 0 fully saturated rings. The van der Waals surface area contributed by atoms with Gasteiger partial charge < -0.3 is 14.8 Å². The standard InChI is InChI=1S/C10H19N3O2/c1-7(2)9(4-5-14)11-6-10-13-12-8(3)15-10/h7,9,11,14H,4-6H2,1-3H3. The van der Waals surface area contributed by atoms with Crippen LogP contribution in [0, 0.1) is 12.8 Å². The molecule has 0 spiro atoms. The predicted molar refractivity (Wildman–Crippen MR) is 56.2 cm³/mol. The molecular formula is C10H19N3O2. The van der Waals surface area contributed by atoms with Crippen LogP contribution in [0.25, 0.3) is 0 Å². The molecule has 1 rings (SSSR count). The van der Waals surface area contributed by atoms with Crippen molar-refractivity contribution in [3.8, 4) is 0 Å². The number of hydrogen-bond donors (Lipinski definition) is 2. The minimum absolute atomic E-state index is 0.193. The lowest BCUT2D eigenvalue weighted by molar-refractivity contribution is 0.240. The van der Waals surface area contributed by atoms with Crippen LogP contribution in [-0.2, 0) is 6.54 Å². The Balaban J connectivity index is 2.39. The zero-order chi connectivity index (χ0) is 11.3. The Morgan fingerprint density at radius 2 is 2.13 bits per heavy atom. The monoisotopic (exact) mass is 213 g/mol. The van der Waals surface area contributed by atoms with Gasteiger partial charge in [0.1, 0.15) is 0 Å². The highest BCUT2D eigenvalue weighted by Crippen LogP contribution is 2.07. The van der Waals surface area contributed by atoms with E-state index in [0.717, 1.165) is 6.42 Å². The summed E-state index contributed by atoms with van der Waals surface area (Å²) in [5.41, 5.74) is 0. The van der Waals surface area contributed by atoms with Gasteiger partial charge in [-0.15, -0.1) is 10.2 Å². The van der Waals surface area contributed by atoms with Crippen LogP contribution >= 0.6 is 0 Å². The van der Waals surface area contributed by atoms with Crippen LogP contribution in [0.3, 0.4) is 0 Å². The minimum atomic E-state index is 0.193. The zero-order valence-electron chi connectivity index (χ0n) is 9.53. The van der Waals surface area contributed by atoms with Gasteiger partial charge in [0, 0.05) is 19.6 Å². The highest BCUT2D eigenvalue weighted by Gasteiger charge is 2.13. The highest BCUT2D eigenvalue weighted by atomic mass is 16.4. The van der Waals surface area contributed by atoms with Gasteiger partial charge in [-0.3, -0.25) is 0 Å². The molecule has 0 aliphatic heterocycles. The molecule has 5 nitrogen and oxygen atoms in total. The second-order valence-corrected chi connectivity index (χ2v) is 3.96. The minimum Gasteiger partial charge on any atom is -0.424 e. The molecule has 0 amide bonds. The van der Waals surface area contributed by atoms with E-state index in [4.69, 9.17) is 9.52 Å². The van der Waals surface area contributed by atoms with Gasteiger partial charge in [-0.05, 0) is 12.3 Å². The number of rotatable bonds is 6. The maximum atomic E-state index is 8.90. The second-order valence-electron chi connectivity index (χ2n) is 3.96. The maximum absolute atomic E-state index is 8.90. The van der Waals surface area contributed by atoms with Gasteiger partial charge in [-0.25, -0.2) is 0 Å². The summed E-state index contributed by atoms with van der Waals surface area (Å²) in [6.07, 6.45) is 0.741. The van der Waals surface area contributed by atoms with E-state index in [2.05, 4.69) is 29.4 Å². The number of aromatic nitrogens is 2. The quantitative estimate of drug-likeness (QED) is 0.733. The Hall–Kier alpha value is -0.940. The van der Waals surface area contributed by atoms with E-state index < -0.39 is 0 Å². The summed E-state index contributed by atoms with van der Waals surface area (Å²) in [6, 6.07) is 0.280. The molecule has 15 heavy (non-hydrogen) atoms. The van der Waals surface area contributed by atoms with Crippen LogP contribution in [0.15, 0.2) is 4.42 Å². The van der Waals surface area contributed by atoms with Crippen LogP contribution in [0.2, 0.25) is 0 Å². The SMILES string of the molecule is Cc1nnc(CNC(CCO)C(C)C)o1. The molecule has 2 N–H and O–H groups in total. The average molecular weight is 213 g/mol. The summed E-state index contributed by atoms with van der Waals surface area (Å²) in [4.78, 5) is 0. The molecule has 1 atom stereocenters. The van der Waals surface area contributed by atoms with Crippen LogP contribution < -0.4 is 5.32 Å². The zero-order valence-corrected chi connectivity index (χ0v) is 9.53. The van der Waals surface area contributed by atoms with Crippen LogP contribution in [0.1, 0.15) is 32.0 Å². The summed E-state index contributed by atoms with van der Waals surface area (Å²) >= 11 is 0. The number of nitrogens with zero attached hydrogens (tertiary/aromatic N) is 2. The molecular weight excluding hydrogens is 194 g/mol. The molecule has 5 heteroatoms. The van der Waals surface area contributed by atoms with Crippen LogP contribution in [0.5, 0.6) is 0 Å². The average Bonchev–Trinajstić information content (AvgIpc) is 2.58. The first kappa shape index (κ1) is 12.1. The first-order valence-corrected chi connectivity index (χ1v) is 5.26. The Kier molecular flexibility index (Phi) is 4.71. The molecule has 0 aromatic carbocycles. The first-order valence-electron chi connectivity index (χ1n) is 5.26. The largest absolute Gasteiger partial charge is 0.424 e. The number of nitrogens with one attached hydrogen (secondary N) is 1. The Labute approximate surface area is 89.9 Å². The van der Waals surface area contributed by atoms with Gasteiger partial charge in [0.15, 0.2) is 0 Å². The molecule has 0 bridgehead atoms. The molecule has 1 aromatic heterocycles. The van der Waals surface area contributed by atoms with E-state index in [1.807, 2.05) is 0 Å². The number of hydrogen-bond acceptors (Lipinski definition) is 5. The van der Waals surface area contributed by atoms with Crippen molar-refractivity contribution in [1.82, 2.24) is 15.5 Å². The van der Waals surface area contributed by atoms with Crippen molar-refractivity contribution in [3.63, 3.8) is 0 Å². The summed E-state index contributed by atoms with van der Waals surface area (Å²) in [5, 5.41) is 19.8. The second kappa shape index (κ2) is 5.82. The van der Waals surface area contributed by atoms with Crippen molar-refractivity contribution in [2.24, 2.45) is 5.92 Å². The Morgan fingerprint density at radius 1 is 1.40 bits per heavy atom. The first-order chi connectivity index (χ1) is 7.13. The number of aliphatic hydroxyl groups excluding tert-OH is 1. The summed E-state index contributed by atoms with van der Waals surface area (Å²) in [6.45, 7) is 6.76. The van der Waals surface area contributed by atoms with Crippen molar-refractivity contribution in [3.05, 3.63) is 11.8 Å². The molecule has 0 aliphatic carbocycles. The van der Waals surface area contributed by atoms with Crippen molar-refractivity contribution in [2.75, 3.05) is 6.61 Å². The Bertz CT molecular complexity index is 286. The van der Waals surface area contributed by atoms with E-state index in [-0.39, 0.29) is 12.6 Å². The van der Waals surface area contributed by atoms with Gasteiger partial charge in [-0.2, -0.15) is 0 Å². The predicted octanol–water partition coefficient (Wildman–Crippen LogP) is 0.875. The molecule has 86 valence electrons. The maximum Gasteiger partial charge on any atom is 0.230 e. The highest BCUT2D eigenvalue weighted by molar-refractivity contribution is 4.80. The lowest BCUT2D eigenvalue weighted by Crippen LogP contribution is -2.34. The number of aliphatic hydroxyl groups is 1. The summed E-state index contributed by atoms with van der Waals surface area (Å²) < 4.78 is 5.24. The Morgan fingerprint density at radius 3 is 2.60 bits per heavy atom. The van der Waals surface area contributed by atoms with Gasteiger partial charge in [0.25, 0.3) is 0 Å². The van der Waals surface area contributed by atoms with Crippen molar-refractivity contribution in [1.29, 1.82) is 0 Å². The fourth-order valence-corrected chi connectivity index (χ4v) is 1.44. The molecule has 1 heterocycles. The molecule has 1 aromatic rings. The van der Waals surface area contributed by atoms with E-state index >= 15 is 0 Å². The molecule has 1 unspecified atom stereocenters. The normalized spacial score (nSPS) is 13.4. The molecule has 0 saturated carbocycles. The van der Waals surface area contributed by atoms with Gasteiger partial charge in [0.05, 0.1) is 6.54 Å². The third kappa shape index (κ3) is 3.97. The smallest absolute Gasteiger partial charge is 0.230 e. The molecule has 0 saturated heterocycles. The fourth-order valence-electron chi connectivity index (χ4n) is 1.44. The van der Waals surface area contributed by atoms with E-state index in [1.165, 1.54) is 0 Å².